The van der Waals surface area contributed by atoms with Crippen LogP contribution in [0.2, 0.25) is 0 Å². The molecule has 0 aliphatic rings. The molecule has 0 aliphatic carbocycles. The van der Waals surface area contributed by atoms with E-state index in [1.54, 1.807) is 11.4 Å². The van der Waals surface area contributed by atoms with Gasteiger partial charge in [-0.05, 0) is 29.6 Å². The summed E-state index contributed by atoms with van der Waals surface area (Å²) in [6, 6.07) is 8.83. The van der Waals surface area contributed by atoms with Crippen LogP contribution < -0.4 is 5.32 Å². The zero-order chi connectivity index (χ0) is 20.9. The molecule has 1 aromatic carbocycles. The van der Waals surface area contributed by atoms with Crippen LogP contribution in [-0.2, 0) is 24.8 Å². The quantitative estimate of drug-likeness (QED) is 0.596. The van der Waals surface area contributed by atoms with E-state index in [0.717, 1.165) is 19.9 Å². The maximum atomic E-state index is 12.7. The van der Waals surface area contributed by atoms with Crippen LogP contribution in [-0.4, -0.2) is 58.5 Å². The number of sulfonamides is 2. The second-order valence-corrected chi connectivity index (χ2v) is 11.1. The van der Waals surface area contributed by atoms with Crippen LogP contribution in [0.3, 0.4) is 0 Å². The number of thiophene rings is 1. The smallest absolute Gasteiger partial charge is 0.253 e. The van der Waals surface area contributed by atoms with Crippen molar-refractivity contribution in [3.05, 3.63) is 54.4 Å². The second-order valence-electron chi connectivity index (χ2n) is 5.88. The van der Waals surface area contributed by atoms with Gasteiger partial charge < -0.3 is 5.32 Å². The van der Waals surface area contributed by atoms with Gasteiger partial charge in [0, 0.05) is 26.3 Å². The highest BCUT2D eigenvalue weighted by molar-refractivity contribution is 7.91. The molecule has 1 heterocycles. The molecule has 8 nitrogen and oxygen atoms in total. The third-order valence-electron chi connectivity index (χ3n) is 3.64. The van der Waals surface area contributed by atoms with Gasteiger partial charge in [-0.25, -0.2) is 21.1 Å². The van der Waals surface area contributed by atoms with Crippen molar-refractivity contribution in [1.29, 1.82) is 0 Å². The molecule has 1 amide bonds. The van der Waals surface area contributed by atoms with E-state index in [1.807, 2.05) is 0 Å². The maximum absolute atomic E-state index is 12.7. The Balaban J connectivity index is 2.19. The molecule has 152 valence electrons. The highest BCUT2D eigenvalue weighted by Crippen LogP contribution is 2.21. The Morgan fingerprint density at radius 2 is 1.86 bits per heavy atom. The lowest BCUT2D eigenvalue weighted by Crippen LogP contribution is -2.37. The summed E-state index contributed by atoms with van der Waals surface area (Å²) >= 11 is 1.06. The van der Waals surface area contributed by atoms with E-state index in [4.69, 9.17) is 0 Å². The van der Waals surface area contributed by atoms with E-state index in [-0.39, 0.29) is 21.3 Å². The van der Waals surface area contributed by atoms with Crippen LogP contribution in [0.25, 0.3) is 0 Å². The zero-order valence-corrected chi connectivity index (χ0v) is 17.9. The van der Waals surface area contributed by atoms with Crippen LogP contribution >= 0.6 is 11.3 Å². The number of carbonyl (C=O) groups is 1. The SMILES string of the molecule is C=CCN(CC(=O)Nc1cccc(S(=O)(=O)N(C)C)c1)S(=O)(=O)c1cccs1. The van der Waals surface area contributed by atoms with Crippen LogP contribution in [0.1, 0.15) is 0 Å². The number of nitrogens with zero attached hydrogens (tertiary/aromatic N) is 2. The number of hydrogen-bond donors (Lipinski definition) is 1. The molecule has 0 spiro atoms. The van der Waals surface area contributed by atoms with Gasteiger partial charge in [0.2, 0.25) is 15.9 Å². The number of rotatable bonds is 9. The zero-order valence-electron chi connectivity index (χ0n) is 15.4. The first-order valence-electron chi connectivity index (χ1n) is 8.06. The Hall–Kier alpha value is -2.05. The molecule has 2 aromatic rings. The Labute approximate surface area is 169 Å². The van der Waals surface area contributed by atoms with Crippen LogP contribution in [0, 0.1) is 0 Å². The first-order valence-corrected chi connectivity index (χ1v) is 11.8. The van der Waals surface area contributed by atoms with E-state index >= 15 is 0 Å². The van der Waals surface area contributed by atoms with Crippen molar-refractivity contribution in [2.45, 2.75) is 9.10 Å². The van der Waals surface area contributed by atoms with Gasteiger partial charge in [-0.3, -0.25) is 4.79 Å². The summed E-state index contributed by atoms with van der Waals surface area (Å²) in [7, 11) is -4.68. The summed E-state index contributed by atoms with van der Waals surface area (Å²) in [6.07, 6.45) is 1.39. The lowest BCUT2D eigenvalue weighted by Gasteiger charge is -2.19. The van der Waals surface area contributed by atoms with Crippen molar-refractivity contribution in [3.63, 3.8) is 0 Å². The van der Waals surface area contributed by atoms with E-state index in [0.29, 0.717) is 0 Å². The average Bonchev–Trinajstić information content (AvgIpc) is 3.17. The average molecular weight is 444 g/mol. The van der Waals surface area contributed by atoms with Crippen molar-refractivity contribution in [2.75, 3.05) is 32.5 Å². The number of benzene rings is 1. The van der Waals surface area contributed by atoms with Gasteiger partial charge >= 0.3 is 0 Å². The lowest BCUT2D eigenvalue weighted by atomic mass is 10.3. The van der Waals surface area contributed by atoms with Gasteiger partial charge in [0.15, 0.2) is 0 Å². The Morgan fingerprint density at radius 3 is 2.43 bits per heavy atom. The third-order valence-corrected chi connectivity index (χ3v) is 8.63. The molecule has 11 heteroatoms. The number of nitrogens with one attached hydrogen (secondary N) is 1. The number of anilines is 1. The molecule has 2 rings (SSSR count). The largest absolute Gasteiger partial charge is 0.325 e. The van der Waals surface area contributed by atoms with Gasteiger partial charge in [0.1, 0.15) is 4.21 Å². The Morgan fingerprint density at radius 1 is 1.14 bits per heavy atom. The van der Waals surface area contributed by atoms with Crippen molar-refractivity contribution < 1.29 is 21.6 Å². The first-order chi connectivity index (χ1) is 13.1. The molecular weight excluding hydrogens is 422 g/mol. The monoisotopic (exact) mass is 443 g/mol. The molecule has 0 bridgehead atoms. The molecule has 0 saturated carbocycles. The van der Waals surface area contributed by atoms with Crippen molar-refractivity contribution >= 4 is 43.0 Å². The molecule has 0 unspecified atom stereocenters. The summed E-state index contributed by atoms with van der Waals surface area (Å²) in [4.78, 5) is 12.4. The normalized spacial score (nSPS) is 12.3. The minimum Gasteiger partial charge on any atom is -0.325 e. The third kappa shape index (κ3) is 5.06. The van der Waals surface area contributed by atoms with Gasteiger partial charge in [-0.1, -0.05) is 18.2 Å². The van der Waals surface area contributed by atoms with Gasteiger partial charge in [-0.2, -0.15) is 4.31 Å². The number of amides is 1. The predicted molar refractivity (Wildman–Crippen MR) is 109 cm³/mol. The minimum atomic E-state index is -3.83. The molecule has 0 radical (unpaired) electrons. The lowest BCUT2D eigenvalue weighted by molar-refractivity contribution is -0.116. The summed E-state index contributed by atoms with van der Waals surface area (Å²) in [5.74, 6) is -0.596. The molecule has 1 N–H and O–H groups in total. The topological polar surface area (TPSA) is 104 Å². The minimum absolute atomic E-state index is 0.0180. The van der Waals surface area contributed by atoms with Crippen molar-refractivity contribution in [1.82, 2.24) is 8.61 Å². The first kappa shape index (κ1) is 22.2. The molecule has 0 saturated heterocycles. The van der Waals surface area contributed by atoms with Crippen molar-refractivity contribution in [2.24, 2.45) is 0 Å². The molecule has 0 atom stereocenters. The summed E-state index contributed by atoms with van der Waals surface area (Å²) in [5, 5.41) is 4.18. The van der Waals surface area contributed by atoms with E-state index in [9.17, 15) is 21.6 Å². The van der Waals surface area contributed by atoms with Gasteiger partial charge in [-0.15, -0.1) is 17.9 Å². The fourth-order valence-electron chi connectivity index (χ4n) is 2.23. The fourth-order valence-corrected chi connectivity index (χ4v) is 5.69. The van der Waals surface area contributed by atoms with E-state index in [2.05, 4.69) is 11.9 Å². The summed E-state index contributed by atoms with van der Waals surface area (Å²) < 4.78 is 51.9. The standard InChI is InChI=1S/C17H21N3O5S3/c1-4-10-20(28(24,25)17-9-6-11-26-17)13-16(21)18-14-7-5-8-15(12-14)27(22,23)19(2)3/h4-9,11-12H,1,10,13H2,2-3H3,(H,18,21). The van der Waals surface area contributed by atoms with E-state index in [1.165, 1.54) is 50.5 Å². The van der Waals surface area contributed by atoms with E-state index < -0.39 is 32.5 Å². The van der Waals surface area contributed by atoms with Crippen LogP contribution in [0.5, 0.6) is 0 Å². The fraction of sp³-hybridized carbons (Fsp3) is 0.235. The van der Waals surface area contributed by atoms with Gasteiger partial charge in [0.05, 0.1) is 11.4 Å². The molecular formula is C17H21N3O5S3. The second kappa shape index (κ2) is 8.97. The maximum Gasteiger partial charge on any atom is 0.253 e. The Kier molecular flexibility index (Phi) is 7.12. The predicted octanol–water partition coefficient (Wildman–Crippen LogP) is 1.81. The molecule has 0 aliphatic heterocycles. The molecule has 28 heavy (non-hydrogen) atoms. The van der Waals surface area contributed by atoms with Gasteiger partial charge in [0.25, 0.3) is 10.0 Å². The van der Waals surface area contributed by atoms with Crippen LogP contribution in [0.4, 0.5) is 5.69 Å². The molecule has 0 fully saturated rings. The summed E-state index contributed by atoms with van der Waals surface area (Å²) in [6.45, 7) is 3.06. The van der Waals surface area contributed by atoms with Crippen molar-refractivity contribution in [3.8, 4) is 0 Å². The number of hydrogen-bond acceptors (Lipinski definition) is 6. The summed E-state index contributed by atoms with van der Waals surface area (Å²) in [5.41, 5.74) is 0.250. The van der Waals surface area contributed by atoms with Crippen LogP contribution in [0.15, 0.2) is 63.5 Å². The number of carbonyl (C=O) groups excluding carboxylic acids is 1. The Bertz CT molecular complexity index is 1050. The molecule has 1 aromatic heterocycles. The highest BCUT2D eigenvalue weighted by Gasteiger charge is 2.26. The highest BCUT2D eigenvalue weighted by atomic mass is 32.2.